The second-order valence-corrected chi connectivity index (χ2v) is 19.1. The van der Waals surface area contributed by atoms with Gasteiger partial charge in [-0.25, -0.2) is 9.59 Å². The number of esters is 1. The minimum absolute atomic E-state index is 0.0370. The van der Waals surface area contributed by atoms with Crippen molar-refractivity contribution in [2.24, 2.45) is 29.6 Å². The molecule has 62 heavy (non-hydrogen) atoms. The molecule has 1 aromatic carbocycles. The number of fused-ring (bicyclic) bond motifs is 2. The van der Waals surface area contributed by atoms with E-state index in [4.69, 9.17) is 18.9 Å². The van der Waals surface area contributed by atoms with E-state index < -0.39 is 71.9 Å². The standard InChI is InChI=1S/C47H75N5O10/c1-14-28(4)39(50(10)44(56)38(27(2)3)49-43(55)40-32-22-23-34(29(32)5)52(40)46(58)62-47(7,8)9)36(59-11)26-37(53)51-24-18-21-35(51)41(60-12)30(6)42(54)48-33(45(57)61-13)25-31-19-16-15-17-20-31/h15-17,19-20,27-30,32-36,38-41H,14,18,21-26H2,1-13H3,(H,48,54)(H,49,55)/t28-,29-,30+,32-,33-,34-,35-,36+,38-,39-,40-,41+/m0/s1. The Balaban J connectivity index is 1.50. The molecular formula is C47H75N5O10. The van der Waals surface area contributed by atoms with E-state index in [1.165, 1.54) is 21.3 Å². The predicted molar refractivity (Wildman–Crippen MR) is 235 cm³/mol. The smallest absolute Gasteiger partial charge is 0.411 e. The highest BCUT2D eigenvalue weighted by molar-refractivity contribution is 5.92. The molecule has 1 saturated carbocycles. The van der Waals surface area contributed by atoms with Gasteiger partial charge in [-0.1, -0.05) is 78.3 Å². The molecule has 0 spiro atoms. The van der Waals surface area contributed by atoms with E-state index in [0.717, 1.165) is 18.4 Å². The van der Waals surface area contributed by atoms with Gasteiger partial charge in [-0.05, 0) is 75.7 Å². The Morgan fingerprint density at radius 1 is 0.919 bits per heavy atom. The molecule has 1 aromatic rings. The van der Waals surface area contributed by atoms with Crippen molar-refractivity contribution in [2.45, 2.75) is 161 Å². The number of benzene rings is 1. The molecule has 348 valence electrons. The van der Waals surface area contributed by atoms with Crippen LogP contribution in [0, 0.1) is 29.6 Å². The molecule has 2 heterocycles. The molecule has 2 saturated heterocycles. The van der Waals surface area contributed by atoms with Crippen LogP contribution in [0.15, 0.2) is 30.3 Å². The van der Waals surface area contributed by atoms with Crippen LogP contribution in [0.1, 0.15) is 106 Å². The van der Waals surface area contributed by atoms with E-state index in [1.807, 2.05) is 58.0 Å². The normalized spacial score (nSPS) is 24.4. The fourth-order valence-corrected chi connectivity index (χ4v) is 10.1. The summed E-state index contributed by atoms with van der Waals surface area (Å²) in [5.41, 5.74) is 0.131. The number of likely N-dealkylation sites (tertiary alicyclic amines) is 2. The molecule has 2 bridgehead atoms. The minimum Gasteiger partial charge on any atom is -0.467 e. The number of carbonyl (C=O) groups excluding carboxylic acids is 6. The maximum atomic E-state index is 14.6. The van der Waals surface area contributed by atoms with Crippen LogP contribution in [0.2, 0.25) is 0 Å². The number of ether oxygens (including phenoxy) is 4. The van der Waals surface area contributed by atoms with E-state index in [0.29, 0.717) is 25.8 Å². The third-order valence-electron chi connectivity index (χ3n) is 13.6. The first kappa shape index (κ1) is 50.4. The van der Waals surface area contributed by atoms with Crippen LogP contribution in [0.3, 0.4) is 0 Å². The number of carbonyl (C=O) groups is 6. The van der Waals surface area contributed by atoms with Crippen molar-refractivity contribution in [1.29, 1.82) is 0 Å². The van der Waals surface area contributed by atoms with Gasteiger partial charge in [0.15, 0.2) is 0 Å². The fourth-order valence-electron chi connectivity index (χ4n) is 10.1. The summed E-state index contributed by atoms with van der Waals surface area (Å²) in [6.45, 7) is 17.5. The predicted octanol–water partition coefficient (Wildman–Crippen LogP) is 4.98. The number of amides is 5. The zero-order chi connectivity index (χ0) is 46.2. The lowest BCUT2D eigenvalue weighted by atomic mass is 9.89. The fraction of sp³-hybridized carbons (Fsp3) is 0.745. The van der Waals surface area contributed by atoms with E-state index in [2.05, 4.69) is 17.6 Å². The lowest BCUT2D eigenvalue weighted by Gasteiger charge is -2.41. The topological polar surface area (TPSA) is 173 Å². The summed E-state index contributed by atoms with van der Waals surface area (Å²) >= 11 is 0. The molecule has 15 heteroatoms. The third-order valence-corrected chi connectivity index (χ3v) is 13.6. The second-order valence-electron chi connectivity index (χ2n) is 19.1. The van der Waals surface area contributed by atoms with Gasteiger partial charge in [-0.3, -0.25) is 24.1 Å². The molecule has 12 atom stereocenters. The number of rotatable bonds is 19. The van der Waals surface area contributed by atoms with Gasteiger partial charge in [0.25, 0.3) is 0 Å². The SMILES string of the molecule is CC[C@H](C)[C@@H]([C@@H](CC(=O)N1CCC[C@H]1[C@H](OC)[C@@H](C)C(=O)N[C@@H](Cc1ccccc1)C(=O)OC)OC)N(C)C(=O)[C@@H](NC(=O)[C@@H]1[C@H]2CC[C@@H]([C@H]2C)N1C(=O)OC(C)(C)C)C(C)C. The number of hydrogen-bond donors (Lipinski definition) is 2. The molecule has 2 N–H and O–H groups in total. The Morgan fingerprint density at radius 3 is 2.15 bits per heavy atom. The van der Waals surface area contributed by atoms with Gasteiger partial charge in [-0.15, -0.1) is 0 Å². The number of likely N-dealkylation sites (N-methyl/N-ethyl adjacent to an activating group) is 1. The molecular weight excluding hydrogens is 795 g/mol. The quantitative estimate of drug-likeness (QED) is 0.181. The van der Waals surface area contributed by atoms with Gasteiger partial charge in [0, 0.05) is 40.3 Å². The molecule has 0 radical (unpaired) electrons. The first-order valence-corrected chi connectivity index (χ1v) is 22.6. The van der Waals surface area contributed by atoms with Crippen molar-refractivity contribution in [2.75, 3.05) is 34.9 Å². The van der Waals surface area contributed by atoms with Crippen molar-refractivity contribution in [3.63, 3.8) is 0 Å². The Hall–Kier alpha value is -4.24. The molecule has 4 rings (SSSR count). The van der Waals surface area contributed by atoms with Crippen LogP contribution in [0.4, 0.5) is 4.79 Å². The highest BCUT2D eigenvalue weighted by Crippen LogP contribution is 2.47. The van der Waals surface area contributed by atoms with Crippen LogP contribution in [0.5, 0.6) is 0 Å². The van der Waals surface area contributed by atoms with E-state index >= 15 is 0 Å². The average molecular weight is 870 g/mol. The van der Waals surface area contributed by atoms with Crippen molar-refractivity contribution in [1.82, 2.24) is 25.3 Å². The Kier molecular flexibility index (Phi) is 17.8. The molecule has 1 aliphatic carbocycles. The van der Waals surface area contributed by atoms with E-state index in [-0.39, 0.29) is 60.3 Å². The van der Waals surface area contributed by atoms with E-state index in [9.17, 15) is 28.8 Å². The van der Waals surface area contributed by atoms with Crippen molar-refractivity contribution in [3.8, 4) is 0 Å². The molecule has 3 aliphatic rings. The molecule has 0 aromatic heterocycles. The minimum atomic E-state index is -0.910. The molecule has 5 amide bonds. The van der Waals surface area contributed by atoms with Gasteiger partial charge < -0.3 is 39.4 Å². The maximum absolute atomic E-state index is 14.6. The lowest BCUT2D eigenvalue weighted by Crippen LogP contribution is -2.61. The average Bonchev–Trinajstić information content (AvgIpc) is 3.94. The van der Waals surface area contributed by atoms with Crippen LogP contribution in [-0.4, -0.2) is 139 Å². The highest BCUT2D eigenvalue weighted by atomic mass is 16.6. The molecule has 2 aliphatic heterocycles. The van der Waals surface area contributed by atoms with Crippen LogP contribution in [0.25, 0.3) is 0 Å². The largest absolute Gasteiger partial charge is 0.467 e. The zero-order valence-corrected chi connectivity index (χ0v) is 39.5. The van der Waals surface area contributed by atoms with Gasteiger partial charge >= 0.3 is 12.1 Å². The molecule has 3 fully saturated rings. The first-order valence-electron chi connectivity index (χ1n) is 22.6. The highest BCUT2D eigenvalue weighted by Gasteiger charge is 2.57. The summed E-state index contributed by atoms with van der Waals surface area (Å²) in [5.74, 6) is -2.89. The summed E-state index contributed by atoms with van der Waals surface area (Å²) in [5, 5.41) is 5.92. The number of methoxy groups -OCH3 is 3. The summed E-state index contributed by atoms with van der Waals surface area (Å²) in [4.78, 5) is 88.2. The second kappa shape index (κ2) is 21.9. The lowest BCUT2D eigenvalue weighted by molar-refractivity contribution is -0.149. The van der Waals surface area contributed by atoms with E-state index in [1.54, 1.807) is 49.4 Å². The monoisotopic (exact) mass is 870 g/mol. The van der Waals surface area contributed by atoms with Gasteiger partial charge in [0.05, 0.1) is 43.7 Å². The number of nitrogens with one attached hydrogen (secondary N) is 2. The van der Waals surface area contributed by atoms with Crippen molar-refractivity contribution < 1.29 is 47.7 Å². The van der Waals surface area contributed by atoms with Gasteiger partial charge in [0.2, 0.25) is 23.6 Å². The van der Waals surface area contributed by atoms with Gasteiger partial charge in [0.1, 0.15) is 23.7 Å². The van der Waals surface area contributed by atoms with Crippen LogP contribution in [-0.2, 0) is 49.3 Å². The molecule has 15 nitrogen and oxygen atoms in total. The Labute approximate surface area is 369 Å². The van der Waals surface area contributed by atoms with Crippen molar-refractivity contribution in [3.05, 3.63) is 35.9 Å². The summed E-state index contributed by atoms with van der Waals surface area (Å²) in [7, 11) is 6.04. The number of piperidine rings is 1. The Bertz CT molecular complexity index is 1700. The summed E-state index contributed by atoms with van der Waals surface area (Å²) in [6.07, 6.45) is 1.92. The zero-order valence-electron chi connectivity index (χ0n) is 39.5. The number of nitrogens with zero attached hydrogens (tertiary/aromatic N) is 3. The maximum Gasteiger partial charge on any atom is 0.411 e. The third kappa shape index (κ3) is 11.7. The van der Waals surface area contributed by atoms with Crippen molar-refractivity contribution >= 4 is 35.7 Å². The Morgan fingerprint density at radius 2 is 1.58 bits per heavy atom. The summed E-state index contributed by atoms with van der Waals surface area (Å²) < 4.78 is 22.8. The summed E-state index contributed by atoms with van der Waals surface area (Å²) in [6, 6.07) is 5.70. The molecule has 0 unspecified atom stereocenters. The van der Waals surface area contributed by atoms with Gasteiger partial charge in [-0.2, -0.15) is 0 Å². The van der Waals surface area contributed by atoms with Crippen LogP contribution >= 0.6 is 0 Å². The number of hydrogen-bond acceptors (Lipinski definition) is 10. The first-order chi connectivity index (χ1) is 29.2. The van der Waals surface area contributed by atoms with Crippen LogP contribution < -0.4 is 10.6 Å².